The lowest BCUT2D eigenvalue weighted by molar-refractivity contribution is 0.146. The molecule has 3 heterocycles. The molecule has 1 aliphatic heterocycles. The minimum atomic E-state index is -0.205. The molecule has 0 saturated carbocycles. The molecule has 1 aromatic carbocycles. The monoisotopic (exact) mass is 429 g/mol. The molecule has 0 spiro atoms. The van der Waals surface area contributed by atoms with E-state index in [1.807, 2.05) is 53.4 Å². The summed E-state index contributed by atoms with van der Waals surface area (Å²) in [6, 6.07) is 14.9. The van der Waals surface area contributed by atoms with Crippen LogP contribution in [0.1, 0.15) is 23.5 Å². The van der Waals surface area contributed by atoms with Crippen molar-refractivity contribution in [1.29, 1.82) is 0 Å². The number of nitrogens with one attached hydrogen (secondary N) is 1. The molecule has 6 nitrogen and oxygen atoms in total. The van der Waals surface area contributed by atoms with Crippen LogP contribution in [0.4, 0.5) is 5.69 Å². The molecule has 0 radical (unpaired) electrons. The average molecular weight is 430 g/mol. The molecule has 2 atom stereocenters. The first-order valence-electron chi connectivity index (χ1n) is 9.14. The van der Waals surface area contributed by atoms with E-state index in [1.54, 1.807) is 19.6 Å². The van der Waals surface area contributed by atoms with Gasteiger partial charge in [0.1, 0.15) is 24.2 Å². The lowest BCUT2D eigenvalue weighted by atomic mass is 10.0. The SMILES string of the molecule is COCCOc1ccc(N2C(=S)NC(c3ccccn3)C2c2ccco2)cc1Cl. The summed E-state index contributed by atoms with van der Waals surface area (Å²) in [5, 5.41) is 4.45. The number of anilines is 1. The first-order chi connectivity index (χ1) is 14.2. The van der Waals surface area contributed by atoms with Crippen molar-refractivity contribution >= 4 is 34.6 Å². The van der Waals surface area contributed by atoms with Crippen LogP contribution >= 0.6 is 23.8 Å². The molecule has 0 aliphatic carbocycles. The largest absolute Gasteiger partial charge is 0.490 e. The van der Waals surface area contributed by atoms with Crippen molar-refractivity contribution in [2.24, 2.45) is 0 Å². The lowest BCUT2D eigenvalue weighted by Gasteiger charge is -2.26. The summed E-state index contributed by atoms with van der Waals surface area (Å²) in [7, 11) is 1.63. The third-order valence-electron chi connectivity index (χ3n) is 4.67. The average Bonchev–Trinajstić information content (AvgIpc) is 3.37. The summed E-state index contributed by atoms with van der Waals surface area (Å²) in [5.74, 6) is 1.38. The van der Waals surface area contributed by atoms with E-state index in [0.717, 1.165) is 17.1 Å². The molecule has 8 heteroatoms. The molecule has 1 aliphatic rings. The van der Waals surface area contributed by atoms with Crippen molar-refractivity contribution in [3.05, 3.63) is 77.5 Å². The van der Waals surface area contributed by atoms with Crippen molar-refractivity contribution in [3.8, 4) is 5.75 Å². The van der Waals surface area contributed by atoms with E-state index >= 15 is 0 Å². The van der Waals surface area contributed by atoms with Crippen LogP contribution in [0.5, 0.6) is 5.75 Å². The normalized spacial score (nSPS) is 18.7. The second-order valence-corrected chi connectivity index (χ2v) is 7.26. The zero-order valence-electron chi connectivity index (χ0n) is 15.7. The van der Waals surface area contributed by atoms with E-state index in [2.05, 4.69) is 10.3 Å². The highest BCUT2D eigenvalue weighted by Gasteiger charge is 2.42. The second-order valence-electron chi connectivity index (χ2n) is 6.47. The standard InChI is InChI=1S/C21H20ClN3O3S/c1-26-11-12-28-17-8-7-14(13-15(17)22)25-20(18-6-4-10-27-18)19(24-21(25)29)16-5-2-3-9-23-16/h2-10,13,19-20H,11-12H2,1H3,(H,24,29). The van der Waals surface area contributed by atoms with Gasteiger partial charge in [-0.3, -0.25) is 4.98 Å². The van der Waals surface area contributed by atoms with Gasteiger partial charge in [0, 0.05) is 19.0 Å². The Bertz CT molecular complexity index is 969. The third kappa shape index (κ3) is 4.07. The van der Waals surface area contributed by atoms with Crippen molar-refractivity contribution in [1.82, 2.24) is 10.3 Å². The van der Waals surface area contributed by atoms with E-state index < -0.39 is 0 Å². The van der Waals surface area contributed by atoms with Crippen LogP contribution < -0.4 is 15.0 Å². The maximum atomic E-state index is 6.47. The highest BCUT2D eigenvalue weighted by atomic mass is 35.5. The van der Waals surface area contributed by atoms with Crippen molar-refractivity contribution in [2.45, 2.75) is 12.1 Å². The van der Waals surface area contributed by atoms with Crippen LogP contribution in [-0.2, 0) is 4.74 Å². The summed E-state index contributed by atoms with van der Waals surface area (Å²) in [6.07, 6.45) is 3.43. The number of halogens is 1. The molecule has 1 fully saturated rings. The topological polar surface area (TPSA) is 59.8 Å². The van der Waals surface area contributed by atoms with Gasteiger partial charge in [0.2, 0.25) is 0 Å². The summed E-state index contributed by atoms with van der Waals surface area (Å²) in [6.45, 7) is 0.917. The van der Waals surface area contributed by atoms with Crippen molar-refractivity contribution < 1.29 is 13.9 Å². The Morgan fingerprint density at radius 2 is 2.10 bits per heavy atom. The third-order valence-corrected chi connectivity index (χ3v) is 5.28. The van der Waals surface area contributed by atoms with Gasteiger partial charge < -0.3 is 24.1 Å². The van der Waals surface area contributed by atoms with E-state index in [9.17, 15) is 0 Å². The number of methoxy groups -OCH3 is 1. The molecular formula is C21H20ClN3O3S. The van der Waals surface area contributed by atoms with Gasteiger partial charge in [-0.2, -0.15) is 0 Å². The van der Waals surface area contributed by atoms with Gasteiger partial charge in [0.25, 0.3) is 0 Å². The first-order valence-corrected chi connectivity index (χ1v) is 9.93. The lowest BCUT2D eigenvalue weighted by Crippen LogP contribution is -2.29. The minimum Gasteiger partial charge on any atom is -0.490 e. The number of nitrogens with zero attached hydrogens (tertiary/aromatic N) is 2. The zero-order chi connectivity index (χ0) is 20.2. The molecule has 2 unspecified atom stereocenters. The Morgan fingerprint density at radius 1 is 1.21 bits per heavy atom. The van der Waals surface area contributed by atoms with Crippen molar-refractivity contribution in [3.63, 3.8) is 0 Å². The van der Waals surface area contributed by atoms with Crippen LogP contribution in [0.25, 0.3) is 0 Å². The second kappa shape index (κ2) is 8.82. The summed E-state index contributed by atoms with van der Waals surface area (Å²) in [4.78, 5) is 6.51. The highest BCUT2D eigenvalue weighted by molar-refractivity contribution is 7.80. The zero-order valence-corrected chi connectivity index (χ0v) is 17.3. The Kier molecular flexibility index (Phi) is 5.99. The highest BCUT2D eigenvalue weighted by Crippen LogP contribution is 2.43. The Morgan fingerprint density at radius 3 is 2.79 bits per heavy atom. The fourth-order valence-corrected chi connectivity index (χ4v) is 3.95. The summed E-state index contributed by atoms with van der Waals surface area (Å²) >= 11 is 12.1. The Labute approximate surface area is 179 Å². The molecule has 29 heavy (non-hydrogen) atoms. The van der Waals surface area contributed by atoms with Gasteiger partial charge in [0.05, 0.1) is 29.6 Å². The number of aromatic nitrogens is 1. The number of thiocarbonyl (C=S) groups is 1. The number of hydrogen-bond donors (Lipinski definition) is 1. The molecule has 2 aromatic heterocycles. The Balaban J connectivity index is 1.68. The van der Waals surface area contributed by atoms with E-state index in [4.69, 9.17) is 37.7 Å². The maximum Gasteiger partial charge on any atom is 0.174 e. The summed E-state index contributed by atoms with van der Waals surface area (Å²) < 4.78 is 16.4. The van der Waals surface area contributed by atoms with E-state index in [1.165, 1.54) is 0 Å². The number of pyridine rings is 1. The minimum absolute atomic E-state index is 0.161. The number of ether oxygens (including phenoxy) is 2. The number of hydrogen-bond acceptors (Lipinski definition) is 5. The van der Waals surface area contributed by atoms with Crippen molar-refractivity contribution in [2.75, 3.05) is 25.2 Å². The molecule has 4 rings (SSSR count). The molecule has 0 bridgehead atoms. The molecule has 1 saturated heterocycles. The van der Waals surface area contributed by atoms with Gasteiger partial charge >= 0.3 is 0 Å². The molecule has 150 valence electrons. The van der Waals surface area contributed by atoms with E-state index in [-0.39, 0.29) is 12.1 Å². The van der Waals surface area contributed by atoms with Crippen LogP contribution in [0.15, 0.2) is 65.4 Å². The van der Waals surface area contributed by atoms with Gasteiger partial charge in [-0.25, -0.2) is 0 Å². The quantitative estimate of drug-likeness (QED) is 0.437. The molecule has 3 aromatic rings. The van der Waals surface area contributed by atoms with Gasteiger partial charge in [-0.05, 0) is 54.7 Å². The van der Waals surface area contributed by atoms with Crippen LogP contribution in [0.2, 0.25) is 5.02 Å². The van der Waals surface area contributed by atoms with Gasteiger partial charge in [-0.15, -0.1) is 0 Å². The van der Waals surface area contributed by atoms with E-state index in [0.29, 0.717) is 29.1 Å². The fraction of sp³-hybridized carbons (Fsp3) is 0.238. The van der Waals surface area contributed by atoms with Gasteiger partial charge in [0.15, 0.2) is 5.11 Å². The molecule has 0 amide bonds. The number of furan rings is 1. The maximum absolute atomic E-state index is 6.47. The molecule has 1 N–H and O–H groups in total. The van der Waals surface area contributed by atoms with Gasteiger partial charge in [-0.1, -0.05) is 17.7 Å². The summed E-state index contributed by atoms with van der Waals surface area (Å²) in [5.41, 5.74) is 1.72. The van der Waals surface area contributed by atoms with Crippen LogP contribution in [0, 0.1) is 0 Å². The fourth-order valence-electron chi connectivity index (χ4n) is 3.37. The number of benzene rings is 1. The molecular weight excluding hydrogens is 410 g/mol. The smallest absolute Gasteiger partial charge is 0.174 e. The van der Waals surface area contributed by atoms with Crippen LogP contribution in [0.3, 0.4) is 0 Å². The predicted octanol–water partition coefficient (Wildman–Crippen LogP) is 4.53. The van der Waals surface area contributed by atoms with Crippen LogP contribution in [-0.4, -0.2) is 30.4 Å². The predicted molar refractivity (Wildman–Crippen MR) is 115 cm³/mol. The first kappa shape index (κ1) is 19.7. The Hall–Kier alpha value is -2.61. The number of rotatable bonds is 7.